The number of aromatic nitrogens is 3. The minimum Gasteiger partial charge on any atom is -0.461 e. The van der Waals surface area contributed by atoms with Crippen molar-refractivity contribution < 1.29 is 9.53 Å². The standard InChI is InChI=1S/C6H5Cl2N3O2/c1-2-13-5(12)3-4(7)9-6(8)11-10-3/h2H2,1H3. The highest BCUT2D eigenvalue weighted by atomic mass is 35.5. The predicted octanol–water partition coefficient (Wildman–Crippen LogP) is 1.36. The molecule has 0 spiro atoms. The molecule has 0 aliphatic heterocycles. The summed E-state index contributed by atoms with van der Waals surface area (Å²) in [6.45, 7) is 1.90. The Hall–Kier alpha value is -0.940. The summed E-state index contributed by atoms with van der Waals surface area (Å²) in [7, 11) is 0. The lowest BCUT2D eigenvalue weighted by Crippen LogP contribution is -2.10. The van der Waals surface area contributed by atoms with Crippen LogP contribution >= 0.6 is 23.2 Å². The predicted molar refractivity (Wildman–Crippen MR) is 45.8 cm³/mol. The first-order valence-electron chi connectivity index (χ1n) is 3.38. The van der Waals surface area contributed by atoms with Crippen LogP contribution in [0.3, 0.4) is 0 Å². The lowest BCUT2D eigenvalue weighted by molar-refractivity contribution is 0.0517. The Bertz CT molecular complexity index is 332. The number of halogens is 2. The van der Waals surface area contributed by atoms with E-state index in [1.807, 2.05) is 0 Å². The van der Waals surface area contributed by atoms with Crippen LogP contribution in [0.1, 0.15) is 17.4 Å². The molecule has 1 rings (SSSR count). The number of hydrogen-bond donors (Lipinski definition) is 0. The molecule has 0 bridgehead atoms. The molecule has 0 amide bonds. The van der Waals surface area contributed by atoms with Gasteiger partial charge in [0.15, 0.2) is 5.15 Å². The van der Waals surface area contributed by atoms with Gasteiger partial charge in [-0.25, -0.2) is 9.78 Å². The number of ether oxygens (including phenoxy) is 1. The molecular formula is C6H5Cl2N3O2. The molecule has 0 N–H and O–H groups in total. The average molecular weight is 222 g/mol. The summed E-state index contributed by atoms with van der Waals surface area (Å²) < 4.78 is 4.64. The van der Waals surface area contributed by atoms with E-state index in [4.69, 9.17) is 23.2 Å². The van der Waals surface area contributed by atoms with Crippen LogP contribution in [0.2, 0.25) is 10.4 Å². The summed E-state index contributed by atoms with van der Waals surface area (Å²) in [5.74, 6) is -0.663. The zero-order valence-corrected chi connectivity index (χ0v) is 8.13. The third-order valence-electron chi connectivity index (χ3n) is 1.09. The molecular weight excluding hydrogens is 217 g/mol. The summed E-state index contributed by atoms with van der Waals surface area (Å²) in [4.78, 5) is 14.6. The Morgan fingerprint density at radius 2 is 2.15 bits per heavy atom. The van der Waals surface area contributed by atoms with Gasteiger partial charge in [-0.1, -0.05) is 11.6 Å². The van der Waals surface area contributed by atoms with Gasteiger partial charge in [0.1, 0.15) is 0 Å². The zero-order valence-electron chi connectivity index (χ0n) is 6.62. The Morgan fingerprint density at radius 1 is 1.46 bits per heavy atom. The van der Waals surface area contributed by atoms with E-state index in [2.05, 4.69) is 19.9 Å². The van der Waals surface area contributed by atoms with Crippen LogP contribution in [0.15, 0.2) is 0 Å². The van der Waals surface area contributed by atoms with E-state index >= 15 is 0 Å². The molecule has 0 aliphatic rings. The number of carbonyl (C=O) groups is 1. The molecule has 0 saturated carbocycles. The van der Waals surface area contributed by atoms with Crippen molar-refractivity contribution in [2.45, 2.75) is 6.92 Å². The van der Waals surface area contributed by atoms with Crippen LogP contribution in [-0.4, -0.2) is 27.8 Å². The normalized spacial score (nSPS) is 9.77. The Labute approximate surface area is 84.0 Å². The molecule has 1 aromatic heterocycles. The van der Waals surface area contributed by atoms with E-state index in [0.29, 0.717) is 0 Å². The maximum absolute atomic E-state index is 11.1. The second-order valence-corrected chi connectivity index (χ2v) is 2.64. The quantitative estimate of drug-likeness (QED) is 0.706. The van der Waals surface area contributed by atoms with Crippen molar-refractivity contribution in [1.29, 1.82) is 0 Å². The summed E-state index contributed by atoms with van der Waals surface area (Å²) in [6.07, 6.45) is 0. The fourth-order valence-corrected chi connectivity index (χ4v) is 0.974. The van der Waals surface area contributed by atoms with E-state index in [-0.39, 0.29) is 22.7 Å². The maximum Gasteiger partial charge on any atom is 0.362 e. The highest BCUT2D eigenvalue weighted by Gasteiger charge is 2.15. The molecule has 13 heavy (non-hydrogen) atoms. The van der Waals surface area contributed by atoms with E-state index in [1.54, 1.807) is 6.92 Å². The molecule has 0 aromatic carbocycles. The molecule has 70 valence electrons. The number of rotatable bonds is 2. The second kappa shape index (κ2) is 4.34. The first-order chi connectivity index (χ1) is 6.15. The van der Waals surface area contributed by atoms with Crippen molar-refractivity contribution in [2.75, 3.05) is 6.61 Å². The van der Waals surface area contributed by atoms with E-state index in [9.17, 15) is 4.79 Å². The van der Waals surface area contributed by atoms with Crippen molar-refractivity contribution in [2.24, 2.45) is 0 Å². The monoisotopic (exact) mass is 221 g/mol. The SMILES string of the molecule is CCOC(=O)c1nnc(Cl)nc1Cl. The Kier molecular flexibility index (Phi) is 3.39. The van der Waals surface area contributed by atoms with Crippen LogP contribution in [-0.2, 0) is 4.74 Å². The molecule has 5 nitrogen and oxygen atoms in total. The number of hydrogen-bond acceptors (Lipinski definition) is 5. The molecule has 0 saturated heterocycles. The first-order valence-corrected chi connectivity index (χ1v) is 4.13. The van der Waals surface area contributed by atoms with Gasteiger partial charge in [-0.15, -0.1) is 10.2 Å². The van der Waals surface area contributed by atoms with Gasteiger partial charge in [0.2, 0.25) is 11.0 Å². The average Bonchev–Trinajstić information content (AvgIpc) is 2.04. The molecule has 0 atom stereocenters. The smallest absolute Gasteiger partial charge is 0.362 e. The molecule has 1 aromatic rings. The summed E-state index contributed by atoms with van der Waals surface area (Å²) in [5.41, 5.74) is -0.132. The minimum absolute atomic E-state index is 0.113. The van der Waals surface area contributed by atoms with Gasteiger partial charge in [0.05, 0.1) is 6.61 Å². The van der Waals surface area contributed by atoms with Gasteiger partial charge < -0.3 is 4.74 Å². The third-order valence-corrected chi connectivity index (χ3v) is 1.51. The van der Waals surface area contributed by atoms with Crippen LogP contribution in [0.4, 0.5) is 0 Å². The van der Waals surface area contributed by atoms with E-state index in [1.165, 1.54) is 0 Å². The number of esters is 1. The Morgan fingerprint density at radius 3 is 2.69 bits per heavy atom. The summed E-state index contributed by atoms with van der Waals surface area (Å²) in [6, 6.07) is 0. The summed E-state index contributed by atoms with van der Waals surface area (Å²) in [5, 5.41) is 6.58. The van der Waals surface area contributed by atoms with Crippen LogP contribution in [0, 0.1) is 0 Å². The fraction of sp³-hybridized carbons (Fsp3) is 0.333. The van der Waals surface area contributed by atoms with Gasteiger partial charge in [-0.05, 0) is 18.5 Å². The van der Waals surface area contributed by atoms with Crippen LogP contribution < -0.4 is 0 Å². The molecule has 7 heteroatoms. The van der Waals surface area contributed by atoms with Gasteiger partial charge in [0, 0.05) is 0 Å². The van der Waals surface area contributed by atoms with Crippen molar-refractivity contribution in [1.82, 2.24) is 15.2 Å². The number of carbonyl (C=O) groups excluding carboxylic acids is 1. The van der Waals surface area contributed by atoms with E-state index in [0.717, 1.165) is 0 Å². The third kappa shape index (κ3) is 2.50. The largest absolute Gasteiger partial charge is 0.461 e. The first kappa shape index (κ1) is 10.1. The molecule has 0 unspecified atom stereocenters. The van der Waals surface area contributed by atoms with E-state index < -0.39 is 5.97 Å². The van der Waals surface area contributed by atoms with Crippen molar-refractivity contribution in [3.05, 3.63) is 16.1 Å². The molecule has 0 radical (unpaired) electrons. The van der Waals surface area contributed by atoms with Gasteiger partial charge in [-0.2, -0.15) is 0 Å². The van der Waals surface area contributed by atoms with Gasteiger partial charge in [-0.3, -0.25) is 0 Å². The van der Waals surface area contributed by atoms with Crippen molar-refractivity contribution in [3.63, 3.8) is 0 Å². The van der Waals surface area contributed by atoms with Crippen LogP contribution in [0.25, 0.3) is 0 Å². The second-order valence-electron chi connectivity index (χ2n) is 1.94. The highest BCUT2D eigenvalue weighted by molar-refractivity contribution is 6.33. The lowest BCUT2D eigenvalue weighted by atomic mass is 10.5. The van der Waals surface area contributed by atoms with Gasteiger partial charge in [0.25, 0.3) is 0 Å². The molecule has 0 fully saturated rings. The van der Waals surface area contributed by atoms with Crippen molar-refractivity contribution in [3.8, 4) is 0 Å². The lowest BCUT2D eigenvalue weighted by Gasteiger charge is -2.00. The fourth-order valence-electron chi connectivity index (χ4n) is 0.613. The van der Waals surface area contributed by atoms with Crippen LogP contribution in [0.5, 0.6) is 0 Å². The van der Waals surface area contributed by atoms with Crippen molar-refractivity contribution >= 4 is 29.2 Å². The number of nitrogens with zero attached hydrogens (tertiary/aromatic N) is 3. The van der Waals surface area contributed by atoms with Gasteiger partial charge >= 0.3 is 5.97 Å². The highest BCUT2D eigenvalue weighted by Crippen LogP contribution is 2.12. The topological polar surface area (TPSA) is 65.0 Å². The molecule has 1 heterocycles. The summed E-state index contributed by atoms with van der Waals surface area (Å²) >= 11 is 10.9. The minimum atomic E-state index is -0.663. The maximum atomic E-state index is 11.1. The zero-order chi connectivity index (χ0) is 9.84. The Balaban J connectivity index is 2.95. The molecule has 0 aliphatic carbocycles.